The summed E-state index contributed by atoms with van der Waals surface area (Å²) in [7, 11) is 0. The van der Waals surface area contributed by atoms with E-state index < -0.39 is 0 Å². The van der Waals surface area contributed by atoms with Gasteiger partial charge in [-0.05, 0) is 34.5 Å². The summed E-state index contributed by atoms with van der Waals surface area (Å²) in [5.74, 6) is 0.534. The average molecular weight is 709 g/mol. The number of para-hydroxylation sites is 1. The van der Waals surface area contributed by atoms with Crippen molar-refractivity contribution in [2.24, 2.45) is 0 Å². The Bertz CT molecular complexity index is 1750. The molecule has 0 saturated heterocycles. The van der Waals surface area contributed by atoms with E-state index in [4.69, 9.17) is 4.42 Å². The Kier molecular flexibility index (Phi) is 8.84. The molecular weight excluding hydrogens is 681 g/mol. The summed E-state index contributed by atoms with van der Waals surface area (Å²) in [4.78, 5) is 8.90. The second-order valence-corrected chi connectivity index (χ2v) is 9.87. The largest absolute Gasteiger partial charge is 0.500 e. The molecule has 7 aromatic rings. The fourth-order valence-corrected chi connectivity index (χ4v) is 4.77. The van der Waals surface area contributed by atoms with Crippen LogP contribution < -0.4 is 0 Å². The van der Waals surface area contributed by atoms with E-state index in [9.17, 15) is 0 Å². The Hall–Kier alpha value is -4.37. The average Bonchev–Trinajstić information content (AvgIpc) is 3.42. The number of hydrogen-bond donors (Lipinski definition) is 0. The van der Waals surface area contributed by atoms with Gasteiger partial charge in [-0.3, -0.25) is 0 Å². The van der Waals surface area contributed by atoms with Gasteiger partial charge in [0.1, 0.15) is 5.58 Å². The zero-order valence-corrected chi connectivity index (χ0v) is 25.2. The van der Waals surface area contributed by atoms with Gasteiger partial charge in [0.2, 0.25) is 0 Å². The van der Waals surface area contributed by atoms with Crippen molar-refractivity contribution in [3.8, 4) is 33.6 Å². The van der Waals surface area contributed by atoms with E-state index in [1.54, 1.807) is 6.20 Å². The van der Waals surface area contributed by atoms with Crippen molar-refractivity contribution in [2.45, 2.75) is 19.8 Å². The van der Waals surface area contributed by atoms with Crippen LogP contribution in [-0.2, 0) is 20.1 Å². The van der Waals surface area contributed by atoms with E-state index in [1.165, 1.54) is 5.56 Å². The van der Waals surface area contributed by atoms with Crippen molar-refractivity contribution < 1.29 is 24.5 Å². The van der Waals surface area contributed by atoms with Crippen molar-refractivity contribution in [2.75, 3.05) is 0 Å². The predicted molar refractivity (Wildman–Crippen MR) is 164 cm³/mol. The first-order valence-electron chi connectivity index (χ1n) is 13.4. The second kappa shape index (κ2) is 12.9. The first-order valence-corrected chi connectivity index (χ1v) is 13.4. The Morgan fingerprint density at radius 1 is 0.634 bits per heavy atom. The molecule has 0 atom stereocenters. The summed E-state index contributed by atoms with van der Waals surface area (Å²) in [6, 6.07) is 45.0. The van der Waals surface area contributed by atoms with Crippen molar-refractivity contribution in [1.82, 2.24) is 9.97 Å². The summed E-state index contributed by atoms with van der Waals surface area (Å²) in [6.45, 7) is 4.34. The first kappa shape index (κ1) is 28.2. The van der Waals surface area contributed by atoms with Gasteiger partial charge in [-0.15, -0.1) is 54.1 Å². The van der Waals surface area contributed by atoms with Crippen molar-refractivity contribution in [3.05, 3.63) is 145 Å². The van der Waals surface area contributed by atoms with Crippen LogP contribution in [0.1, 0.15) is 25.3 Å². The molecule has 0 aliphatic rings. The van der Waals surface area contributed by atoms with Gasteiger partial charge < -0.3 is 14.4 Å². The molecule has 7 rings (SSSR count). The van der Waals surface area contributed by atoms with E-state index in [-0.39, 0.29) is 20.1 Å². The molecule has 1 radical (unpaired) electrons. The maximum atomic E-state index is 6.35. The standard InChI is InChI=1S/C23H14NO.C14H14N.Ir/c1-2-8-16(9-3-1)17-10-6-11-18-19-12-7-13-20(23(19)25-22(17)18)21-14-4-5-15-24-21;1-11(2)13-8-9-14(15-10-13)12-6-4-3-5-7-12;/h1-12,14-15H;3-6,8-11H,1-2H3;/q2*-1;. The Morgan fingerprint density at radius 2 is 1.44 bits per heavy atom. The molecule has 0 aliphatic heterocycles. The quantitative estimate of drug-likeness (QED) is 0.171. The van der Waals surface area contributed by atoms with E-state index in [0.29, 0.717) is 5.92 Å². The zero-order chi connectivity index (χ0) is 27.3. The van der Waals surface area contributed by atoms with Gasteiger partial charge in [-0.1, -0.05) is 97.6 Å². The van der Waals surface area contributed by atoms with Gasteiger partial charge in [0.25, 0.3) is 0 Å². The van der Waals surface area contributed by atoms with E-state index in [2.05, 4.69) is 84.5 Å². The second-order valence-electron chi connectivity index (χ2n) is 9.87. The molecule has 4 heteroatoms. The van der Waals surface area contributed by atoms with Crippen molar-refractivity contribution in [3.63, 3.8) is 0 Å². The van der Waals surface area contributed by atoms with Gasteiger partial charge in [0, 0.05) is 43.4 Å². The van der Waals surface area contributed by atoms with Crippen LogP contribution in [0.2, 0.25) is 0 Å². The Balaban J connectivity index is 0.000000182. The van der Waals surface area contributed by atoms with Crippen LogP contribution >= 0.6 is 0 Å². The van der Waals surface area contributed by atoms with Gasteiger partial charge in [0.05, 0.1) is 5.58 Å². The summed E-state index contributed by atoms with van der Waals surface area (Å²) < 4.78 is 6.35. The molecule has 0 saturated carbocycles. The summed E-state index contributed by atoms with van der Waals surface area (Å²) in [6.07, 6.45) is 3.74. The zero-order valence-electron chi connectivity index (χ0n) is 22.8. The third kappa shape index (κ3) is 6.05. The fourth-order valence-electron chi connectivity index (χ4n) is 4.77. The van der Waals surface area contributed by atoms with Crippen LogP contribution in [-0.4, -0.2) is 9.97 Å². The normalized spacial score (nSPS) is 10.7. The molecule has 3 heterocycles. The van der Waals surface area contributed by atoms with Crippen molar-refractivity contribution in [1.29, 1.82) is 0 Å². The number of fused-ring (bicyclic) bond motifs is 3. The molecule has 0 N–H and O–H groups in total. The minimum absolute atomic E-state index is 0. The molecule has 41 heavy (non-hydrogen) atoms. The minimum atomic E-state index is 0. The minimum Gasteiger partial charge on any atom is -0.500 e. The SMILES string of the molecule is CC(C)c1ccc(-c2[c-]cccc2)nc1.[Ir].[c-]1ccc2c(oc3c(-c4ccccc4)cccc32)c1-c1ccccn1. The predicted octanol–water partition coefficient (Wildman–Crippen LogP) is 9.78. The molecule has 0 spiro atoms. The number of nitrogens with zero attached hydrogens (tertiary/aromatic N) is 2. The Morgan fingerprint density at radius 3 is 2.15 bits per heavy atom. The van der Waals surface area contributed by atoms with Crippen molar-refractivity contribution >= 4 is 21.9 Å². The van der Waals surface area contributed by atoms with E-state index >= 15 is 0 Å². The molecule has 3 aromatic heterocycles. The van der Waals surface area contributed by atoms with Gasteiger partial charge in [0.15, 0.2) is 0 Å². The first-order chi connectivity index (χ1) is 19.7. The molecule has 0 bridgehead atoms. The van der Waals surface area contributed by atoms with Crippen LogP contribution in [0, 0.1) is 12.1 Å². The molecule has 203 valence electrons. The summed E-state index contributed by atoms with van der Waals surface area (Å²) >= 11 is 0. The molecule has 0 aliphatic carbocycles. The third-order valence-corrected chi connectivity index (χ3v) is 6.90. The molecule has 3 nitrogen and oxygen atoms in total. The number of pyridine rings is 2. The molecule has 4 aromatic carbocycles. The maximum absolute atomic E-state index is 6.35. The number of aromatic nitrogens is 2. The van der Waals surface area contributed by atoms with Crippen LogP contribution in [0.3, 0.4) is 0 Å². The number of benzene rings is 4. The molecule has 0 unspecified atom stereocenters. The van der Waals surface area contributed by atoms with Crippen LogP contribution in [0.25, 0.3) is 55.6 Å². The fraction of sp³-hybridized carbons (Fsp3) is 0.0811. The van der Waals surface area contributed by atoms with E-state index in [1.807, 2.05) is 72.9 Å². The molecule has 0 amide bonds. The Labute approximate surface area is 254 Å². The van der Waals surface area contributed by atoms with Crippen LogP contribution in [0.5, 0.6) is 0 Å². The number of furan rings is 1. The topological polar surface area (TPSA) is 38.9 Å². The van der Waals surface area contributed by atoms with Crippen LogP contribution in [0.4, 0.5) is 0 Å². The van der Waals surface area contributed by atoms with Crippen LogP contribution in [0.15, 0.2) is 132 Å². The summed E-state index contributed by atoms with van der Waals surface area (Å²) in [5, 5.41) is 2.20. The van der Waals surface area contributed by atoms with Gasteiger partial charge >= 0.3 is 0 Å². The molecular formula is C37H28IrN2O-2. The molecule has 0 fully saturated rings. The number of hydrogen-bond acceptors (Lipinski definition) is 3. The third-order valence-electron chi connectivity index (χ3n) is 6.90. The smallest absolute Gasteiger partial charge is 0.128 e. The van der Waals surface area contributed by atoms with Gasteiger partial charge in [-0.25, -0.2) is 0 Å². The number of rotatable bonds is 4. The van der Waals surface area contributed by atoms with E-state index in [0.717, 1.165) is 55.6 Å². The monoisotopic (exact) mass is 709 g/mol. The maximum Gasteiger partial charge on any atom is 0.128 e. The van der Waals surface area contributed by atoms with Gasteiger partial charge in [-0.2, -0.15) is 0 Å². The summed E-state index contributed by atoms with van der Waals surface area (Å²) in [5.41, 5.74) is 9.06.